The van der Waals surface area contributed by atoms with Crippen molar-refractivity contribution in [1.82, 2.24) is 10.2 Å². The summed E-state index contributed by atoms with van der Waals surface area (Å²) < 4.78 is 0. The zero-order valence-corrected chi connectivity index (χ0v) is 9.60. The molecule has 4 heteroatoms. The first-order chi connectivity index (χ1) is 6.10. The Morgan fingerprint density at radius 2 is 2.15 bits per heavy atom. The monoisotopic (exact) mass is 204 g/mol. The highest BCUT2D eigenvalue weighted by Crippen LogP contribution is 1.97. The molecule has 1 N–H and O–H groups in total. The molecule has 0 radical (unpaired) electrons. The summed E-state index contributed by atoms with van der Waals surface area (Å²) in [6.07, 6.45) is 0. The fourth-order valence-electron chi connectivity index (χ4n) is 1.14. The molecule has 0 aromatic heterocycles. The van der Waals surface area contributed by atoms with Gasteiger partial charge in [-0.2, -0.15) is 12.6 Å². The zero-order valence-electron chi connectivity index (χ0n) is 8.71. The van der Waals surface area contributed by atoms with Crippen molar-refractivity contribution in [3.63, 3.8) is 0 Å². The number of hydrogen-bond acceptors (Lipinski definition) is 3. The molecule has 0 aliphatic heterocycles. The molecule has 13 heavy (non-hydrogen) atoms. The lowest BCUT2D eigenvalue weighted by Gasteiger charge is -2.21. The summed E-state index contributed by atoms with van der Waals surface area (Å²) in [5.74, 6) is 0.0957. The van der Waals surface area contributed by atoms with Gasteiger partial charge in [-0.15, -0.1) is 0 Å². The average molecular weight is 204 g/mol. The summed E-state index contributed by atoms with van der Waals surface area (Å²) in [4.78, 5) is 13.3. The van der Waals surface area contributed by atoms with E-state index in [1.807, 2.05) is 13.8 Å². The predicted octanol–water partition coefficient (Wildman–Crippen LogP) is 0.763. The molecule has 78 valence electrons. The van der Waals surface area contributed by atoms with Crippen LogP contribution in [0.15, 0.2) is 0 Å². The van der Waals surface area contributed by atoms with Crippen molar-refractivity contribution >= 4 is 18.5 Å². The van der Waals surface area contributed by atoms with E-state index in [0.717, 1.165) is 13.1 Å². The lowest BCUT2D eigenvalue weighted by molar-refractivity contribution is -0.122. The molecule has 0 heterocycles. The third kappa shape index (κ3) is 6.90. The molecule has 0 aromatic rings. The molecule has 0 aliphatic carbocycles. The molecular weight excluding hydrogens is 184 g/mol. The van der Waals surface area contributed by atoms with Crippen molar-refractivity contribution in [2.24, 2.45) is 0 Å². The molecule has 3 nitrogen and oxygen atoms in total. The quantitative estimate of drug-likeness (QED) is 0.626. The van der Waals surface area contributed by atoms with Crippen LogP contribution in [0.25, 0.3) is 0 Å². The molecule has 0 saturated carbocycles. The van der Waals surface area contributed by atoms with Crippen molar-refractivity contribution in [2.45, 2.75) is 26.0 Å². The topological polar surface area (TPSA) is 32.3 Å². The summed E-state index contributed by atoms with van der Waals surface area (Å²) in [7, 11) is 0. The van der Waals surface area contributed by atoms with Gasteiger partial charge in [0.25, 0.3) is 0 Å². The van der Waals surface area contributed by atoms with Crippen molar-refractivity contribution < 1.29 is 4.79 Å². The Balaban J connectivity index is 3.76. The van der Waals surface area contributed by atoms with E-state index in [1.54, 1.807) is 0 Å². The van der Waals surface area contributed by atoms with Crippen LogP contribution in [0.2, 0.25) is 0 Å². The van der Waals surface area contributed by atoms with Gasteiger partial charge in [0, 0.05) is 18.3 Å². The second kappa shape index (κ2) is 7.21. The van der Waals surface area contributed by atoms with E-state index < -0.39 is 0 Å². The van der Waals surface area contributed by atoms with Gasteiger partial charge >= 0.3 is 0 Å². The van der Waals surface area contributed by atoms with Gasteiger partial charge in [0.15, 0.2) is 0 Å². The van der Waals surface area contributed by atoms with Crippen LogP contribution < -0.4 is 5.32 Å². The summed E-state index contributed by atoms with van der Waals surface area (Å²) in [6.45, 7) is 8.94. The molecule has 0 spiro atoms. The minimum Gasteiger partial charge on any atom is -0.355 e. The first-order valence-electron chi connectivity index (χ1n) is 4.77. The number of likely N-dealkylation sites (N-methyl/N-ethyl adjacent to an activating group) is 2. The van der Waals surface area contributed by atoms with Gasteiger partial charge in [0.1, 0.15) is 0 Å². The number of nitrogens with one attached hydrogen (secondary N) is 1. The summed E-state index contributed by atoms with van der Waals surface area (Å²) >= 11 is 4.29. The van der Waals surface area contributed by atoms with Gasteiger partial charge in [0.05, 0.1) is 6.54 Å². The number of amides is 1. The van der Waals surface area contributed by atoms with Crippen LogP contribution in [-0.2, 0) is 4.79 Å². The van der Waals surface area contributed by atoms with Crippen LogP contribution in [0, 0.1) is 0 Å². The number of carbonyl (C=O) groups excluding carboxylic acids is 1. The van der Waals surface area contributed by atoms with Gasteiger partial charge in [-0.1, -0.05) is 13.8 Å². The van der Waals surface area contributed by atoms with E-state index in [4.69, 9.17) is 0 Å². The molecular formula is C9H20N2OS. The minimum absolute atomic E-state index is 0.0957. The third-order valence-electron chi connectivity index (χ3n) is 1.71. The Kier molecular flexibility index (Phi) is 7.09. The maximum Gasteiger partial charge on any atom is 0.234 e. The lowest BCUT2D eigenvalue weighted by Crippen LogP contribution is -2.39. The normalized spacial score (nSPS) is 13.0. The predicted molar refractivity (Wildman–Crippen MR) is 59.2 cm³/mol. The van der Waals surface area contributed by atoms with Crippen LogP contribution in [0.4, 0.5) is 0 Å². The van der Waals surface area contributed by atoms with Crippen molar-refractivity contribution in [3.05, 3.63) is 0 Å². The molecule has 0 rings (SSSR count). The lowest BCUT2D eigenvalue weighted by atomic mass is 10.4. The summed E-state index contributed by atoms with van der Waals surface area (Å²) in [5.41, 5.74) is 0. The molecule has 1 amide bonds. The molecule has 0 aromatic carbocycles. The number of nitrogens with zero attached hydrogens (tertiary/aromatic N) is 1. The van der Waals surface area contributed by atoms with Crippen molar-refractivity contribution in [3.8, 4) is 0 Å². The van der Waals surface area contributed by atoms with E-state index in [1.165, 1.54) is 0 Å². The zero-order chi connectivity index (χ0) is 10.3. The highest BCUT2D eigenvalue weighted by Gasteiger charge is 2.09. The smallest absolute Gasteiger partial charge is 0.234 e. The van der Waals surface area contributed by atoms with Gasteiger partial charge in [0.2, 0.25) is 5.91 Å². The van der Waals surface area contributed by atoms with E-state index >= 15 is 0 Å². The van der Waals surface area contributed by atoms with E-state index in [0.29, 0.717) is 18.3 Å². The third-order valence-corrected chi connectivity index (χ3v) is 1.87. The van der Waals surface area contributed by atoms with Crippen LogP contribution >= 0.6 is 12.6 Å². The van der Waals surface area contributed by atoms with Crippen LogP contribution in [0.5, 0.6) is 0 Å². The molecule has 0 fully saturated rings. The van der Waals surface area contributed by atoms with Crippen LogP contribution in [0.1, 0.15) is 20.8 Å². The van der Waals surface area contributed by atoms with Gasteiger partial charge in [-0.25, -0.2) is 0 Å². The summed E-state index contributed by atoms with van der Waals surface area (Å²) in [6, 6.07) is 0. The number of carbonyl (C=O) groups is 1. The SMILES string of the molecule is CCNC(=O)CN(CC)C[C@H](C)S. The van der Waals surface area contributed by atoms with Crippen molar-refractivity contribution in [2.75, 3.05) is 26.2 Å². The first-order valence-corrected chi connectivity index (χ1v) is 5.28. The number of rotatable bonds is 6. The molecule has 0 aliphatic rings. The van der Waals surface area contributed by atoms with E-state index in [2.05, 4.69) is 29.8 Å². The highest BCUT2D eigenvalue weighted by atomic mass is 32.1. The Morgan fingerprint density at radius 3 is 2.54 bits per heavy atom. The summed E-state index contributed by atoms with van der Waals surface area (Å²) in [5, 5.41) is 3.09. The Morgan fingerprint density at radius 1 is 1.54 bits per heavy atom. The van der Waals surface area contributed by atoms with Gasteiger partial charge in [-0.05, 0) is 13.5 Å². The molecule has 0 unspecified atom stereocenters. The maximum atomic E-state index is 11.2. The molecule has 0 bridgehead atoms. The second-order valence-corrected chi connectivity index (χ2v) is 4.01. The Bertz CT molecular complexity index is 151. The molecule has 0 saturated heterocycles. The molecule has 1 atom stereocenters. The standard InChI is InChI=1S/C9H20N2OS/c1-4-10-9(12)7-11(5-2)6-8(3)13/h8,13H,4-7H2,1-3H3,(H,10,12)/t8-/m0/s1. The van der Waals surface area contributed by atoms with Crippen LogP contribution in [-0.4, -0.2) is 42.2 Å². The number of thiol groups is 1. The van der Waals surface area contributed by atoms with Gasteiger partial charge in [-0.3, -0.25) is 9.69 Å². The minimum atomic E-state index is 0.0957. The van der Waals surface area contributed by atoms with Crippen LogP contribution in [0.3, 0.4) is 0 Å². The van der Waals surface area contributed by atoms with Gasteiger partial charge < -0.3 is 5.32 Å². The Hall–Kier alpha value is -0.220. The number of hydrogen-bond donors (Lipinski definition) is 2. The van der Waals surface area contributed by atoms with Crippen molar-refractivity contribution in [1.29, 1.82) is 0 Å². The second-order valence-electron chi connectivity index (χ2n) is 3.13. The fourth-order valence-corrected chi connectivity index (χ4v) is 1.37. The maximum absolute atomic E-state index is 11.2. The average Bonchev–Trinajstić information content (AvgIpc) is 2.02. The van der Waals surface area contributed by atoms with E-state index in [-0.39, 0.29) is 5.91 Å². The Labute approximate surface area is 86.3 Å². The fraction of sp³-hybridized carbons (Fsp3) is 0.889. The largest absolute Gasteiger partial charge is 0.355 e. The highest BCUT2D eigenvalue weighted by molar-refractivity contribution is 7.80. The van der Waals surface area contributed by atoms with E-state index in [9.17, 15) is 4.79 Å². The first kappa shape index (κ1) is 12.8.